The molecule has 1 amide bonds. The van der Waals surface area contributed by atoms with Gasteiger partial charge in [-0.25, -0.2) is 0 Å². The van der Waals surface area contributed by atoms with Crippen LogP contribution in [0.25, 0.3) is 0 Å². The van der Waals surface area contributed by atoms with E-state index < -0.39 is 0 Å². The Morgan fingerprint density at radius 2 is 1.94 bits per heavy atom. The van der Waals surface area contributed by atoms with Gasteiger partial charge >= 0.3 is 0 Å². The number of likely N-dealkylation sites (tertiary alicyclic amines) is 1. The first-order chi connectivity index (χ1) is 15.2. The molecule has 2 aliphatic heterocycles. The molecular weight excluding hydrogens is 390 g/mol. The summed E-state index contributed by atoms with van der Waals surface area (Å²) in [5, 5.41) is 4.39. The van der Waals surface area contributed by atoms with Crippen molar-refractivity contribution in [3.63, 3.8) is 0 Å². The van der Waals surface area contributed by atoms with Crippen molar-refractivity contribution in [2.24, 2.45) is 0 Å². The number of fused-ring (bicyclic) bond motifs is 2. The molecule has 160 valence electrons. The van der Waals surface area contributed by atoms with Crippen LogP contribution in [0.5, 0.6) is 5.75 Å². The maximum Gasteiger partial charge on any atom is 0.257 e. The zero-order valence-electron chi connectivity index (χ0n) is 17.8. The summed E-state index contributed by atoms with van der Waals surface area (Å²) < 4.78 is 13.8. The summed E-state index contributed by atoms with van der Waals surface area (Å²) in [5.74, 6) is 0.921. The lowest BCUT2D eigenvalue weighted by atomic mass is 9.78. The smallest absolute Gasteiger partial charge is 0.257 e. The van der Waals surface area contributed by atoms with Gasteiger partial charge in [0.05, 0.1) is 32.0 Å². The molecule has 0 bridgehead atoms. The van der Waals surface area contributed by atoms with Gasteiger partial charge in [0.1, 0.15) is 11.4 Å². The molecule has 3 heterocycles. The quantitative estimate of drug-likeness (QED) is 0.650. The van der Waals surface area contributed by atoms with E-state index in [0.717, 1.165) is 30.6 Å². The SMILES string of the molecule is COc1cccc2c1C1(CCN(C(=O)c3cnn(Cc4ccccc4)c3)CC1)OCC2. The molecule has 1 saturated heterocycles. The molecule has 0 radical (unpaired) electrons. The van der Waals surface area contributed by atoms with Crippen LogP contribution < -0.4 is 4.74 Å². The van der Waals surface area contributed by atoms with Crippen molar-refractivity contribution >= 4 is 5.91 Å². The predicted molar refractivity (Wildman–Crippen MR) is 117 cm³/mol. The number of carbonyl (C=O) groups is 1. The third-order valence-corrected chi connectivity index (χ3v) is 6.46. The first kappa shape index (κ1) is 19.8. The second-order valence-corrected chi connectivity index (χ2v) is 8.29. The highest BCUT2D eigenvalue weighted by Crippen LogP contribution is 2.45. The third-order valence-electron chi connectivity index (χ3n) is 6.46. The van der Waals surface area contributed by atoms with Crippen molar-refractivity contribution in [3.8, 4) is 5.75 Å². The Balaban J connectivity index is 1.29. The molecule has 6 heteroatoms. The van der Waals surface area contributed by atoms with Crippen molar-refractivity contribution in [1.82, 2.24) is 14.7 Å². The molecule has 0 aliphatic carbocycles. The maximum absolute atomic E-state index is 13.1. The number of ether oxygens (including phenoxy) is 2. The van der Waals surface area contributed by atoms with Gasteiger partial charge in [-0.1, -0.05) is 42.5 Å². The van der Waals surface area contributed by atoms with E-state index in [1.54, 1.807) is 13.3 Å². The first-order valence-electron chi connectivity index (χ1n) is 10.8. The Morgan fingerprint density at radius 3 is 2.71 bits per heavy atom. The fraction of sp³-hybridized carbons (Fsp3) is 0.360. The van der Waals surface area contributed by atoms with Crippen LogP contribution in [0, 0.1) is 0 Å². The topological polar surface area (TPSA) is 56.6 Å². The fourth-order valence-electron chi connectivity index (χ4n) is 4.88. The van der Waals surface area contributed by atoms with Crippen molar-refractivity contribution in [3.05, 3.63) is 83.2 Å². The lowest BCUT2D eigenvalue weighted by Crippen LogP contribution is -2.48. The summed E-state index contributed by atoms with van der Waals surface area (Å²) >= 11 is 0. The number of piperidine rings is 1. The highest BCUT2D eigenvalue weighted by molar-refractivity contribution is 5.93. The van der Waals surface area contributed by atoms with Gasteiger partial charge in [0.2, 0.25) is 0 Å². The summed E-state index contributed by atoms with van der Waals surface area (Å²) in [4.78, 5) is 15.0. The van der Waals surface area contributed by atoms with E-state index in [1.165, 1.54) is 11.1 Å². The molecule has 31 heavy (non-hydrogen) atoms. The zero-order chi connectivity index (χ0) is 21.3. The van der Waals surface area contributed by atoms with Crippen molar-refractivity contribution in [2.75, 3.05) is 26.8 Å². The van der Waals surface area contributed by atoms with E-state index in [-0.39, 0.29) is 11.5 Å². The number of rotatable bonds is 4. The van der Waals surface area contributed by atoms with Crippen molar-refractivity contribution in [1.29, 1.82) is 0 Å². The molecule has 6 nitrogen and oxygen atoms in total. The van der Waals surface area contributed by atoms with Crippen LogP contribution in [-0.2, 0) is 23.3 Å². The summed E-state index contributed by atoms with van der Waals surface area (Å²) in [6, 6.07) is 16.3. The number of carbonyl (C=O) groups excluding carboxylic acids is 1. The van der Waals surface area contributed by atoms with Gasteiger partial charge in [-0.2, -0.15) is 5.10 Å². The average molecular weight is 418 g/mol. The molecule has 1 aromatic heterocycles. The largest absolute Gasteiger partial charge is 0.496 e. The molecular formula is C25H27N3O3. The second-order valence-electron chi connectivity index (χ2n) is 8.29. The summed E-state index contributed by atoms with van der Waals surface area (Å²) in [6.07, 6.45) is 5.95. The molecule has 2 aromatic carbocycles. The molecule has 0 saturated carbocycles. The van der Waals surface area contributed by atoms with E-state index in [4.69, 9.17) is 9.47 Å². The summed E-state index contributed by atoms with van der Waals surface area (Å²) in [6.45, 7) is 2.67. The Hall–Kier alpha value is -3.12. The monoisotopic (exact) mass is 417 g/mol. The lowest BCUT2D eigenvalue weighted by Gasteiger charge is -2.45. The van der Waals surface area contributed by atoms with Gasteiger partial charge in [-0.3, -0.25) is 9.48 Å². The Morgan fingerprint density at radius 1 is 1.13 bits per heavy atom. The van der Waals surface area contributed by atoms with E-state index in [9.17, 15) is 4.79 Å². The van der Waals surface area contributed by atoms with Crippen LogP contribution in [0.1, 0.15) is 39.9 Å². The van der Waals surface area contributed by atoms with E-state index in [0.29, 0.717) is 31.8 Å². The van der Waals surface area contributed by atoms with Gasteiger partial charge in [-0.05, 0) is 36.5 Å². The van der Waals surface area contributed by atoms with Crippen LogP contribution in [0.15, 0.2) is 60.9 Å². The fourth-order valence-corrected chi connectivity index (χ4v) is 4.88. The number of benzene rings is 2. The predicted octanol–water partition coefficient (Wildman–Crippen LogP) is 3.64. The van der Waals surface area contributed by atoms with Gasteiger partial charge in [-0.15, -0.1) is 0 Å². The van der Waals surface area contributed by atoms with Crippen molar-refractivity contribution in [2.45, 2.75) is 31.4 Å². The van der Waals surface area contributed by atoms with Crippen LogP contribution in [0.4, 0.5) is 0 Å². The van der Waals surface area contributed by atoms with Crippen molar-refractivity contribution < 1.29 is 14.3 Å². The number of amides is 1. The molecule has 2 aliphatic rings. The molecule has 0 unspecified atom stereocenters. The molecule has 1 fully saturated rings. The zero-order valence-corrected chi connectivity index (χ0v) is 17.8. The summed E-state index contributed by atoms with van der Waals surface area (Å²) in [5.41, 5.74) is 3.90. The minimum absolute atomic E-state index is 0.0326. The molecule has 0 atom stereocenters. The highest BCUT2D eigenvalue weighted by Gasteiger charge is 2.43. The van der Waals surface area contributed by atoms with Gasteiger partial charge in [0.15, 0.2) is 0 Å². The van der Waals surface area contributed by atoms with Gasteiger partial charge < -0.3 is 14.4 Å². The Kier molecular flexibility index (Phi) is 5.24. The van der Waals surface area contributed by atoms with Crippen LogP contribution in [0.3, 0.4) is 0 Å². The average Bonchev–Trinajstić information content (AvgIpc) is 3.28. The Labute approximate surface area is 182 Å². The normalized spacial score (nSPS) is 17.4. The maximum atomic E-state index is 13.1. The number of hydrogen-bond donors (Lipinski definition) is 0. The third kappa shape index (κ3) is 3.72. The second kappa shape index (κ2) is 8.19. The van der Waals surface area contributed by atoms with Gasteiger partial charge in [0, 0.05) is 24.8 Å². The summed E-state index contributed by atoms with van der Waals surface area (Å²) in [7, 11) is 1.71. The Bertz CT molecular complexity index is 1050. The van der Waals surface area contributed by atoms with E-state index in [2.05, 4.69) is 23.3 Å². The minimum Gasteiger partial charge on any atom is -0.496 e. The van der Waals surface area contributed by atoms with E-state index in [1.807, 2.05) is 46.1 Å². The van der Waals surface area contributed by atoms with Gasteiger partial charge in [0.25, 0.3) is 5.91 Å². The minimum atomic E-state index is -0.367. The molecule has 3 aromatic rings. The standard InChI is InChI=1S/C25H27N3O3/c1-30-22-9-5-8-20-10-15-31-25(23(20)22)11-13-27(14-12-25)24(29)21-16-26-28(18-21)17-19-6-3-2-4-7-19/h2-9,16,18H,10-15,17H2,1H3. The highest BCUT2D eigenvalue weighted by atomic mass is 16.5. The number of aromatic nitrogens is 2. The van der Waals surface area contributed by atoms with E-state index >= 15 is 0 Å². The van der Waals surface area contributed by atoms with Crippen LogP contribution in [0.2, 0.25) is 0 Å². The number of nitrogens with zero attached hydrogens (tertiary/aromatic N) is 3. The number of hydrogen-bond acceptors (Lipinski definition) is 4. The molecule has 1 spiro atoms. The molecule has 5 rings (SSSR count). The number of methoxy groups -OCH3 is 1. The molecule has 0 N–H and O–H groups in total. The lowest BCUT2D eigenvalue weighted by molar-refractivity contribution is -0.0946. The van der Waals surface area contributed by atoms with Crippen LogP contribution >= 0.6 is 0 Å². The first-order valence-corrected chi connectivity index (χ1v) is 10.8. The van der Waals surface area contributed by atoms with Crippen LogP contribution in [-0.4, -0.2) is 47.4 Å².